The van der Waals surface area contributed by atoms with E-state index in [1.165, 1.54) is 0 Å². The largest absolute Gasteiger partial charge is 0.420 e. The summed E-state index contributed by atoms with van der Waals surface area (Å²) in [6.45, 7) is 0.543. The highest BCUT2D eigenvalue weighted by atomic mass is 19.1. The highest BCUT2D eigenvalue weighted by Gasteiger charge is 2.26. The summed E-state index contributed by atoms with van der Waals surface area (Å²) in [6, 6.07) is 1.53. The maximum absolute atomic E-state index is 13.9. The molecule has 0 aliphatic heterocycles. The monoisotopic (exact) mass is 284 g/mol. The summed E-state index contributed by atoms with van der Waals surface area (Å²) >= 11 is 0. The van der Waals surface area contributed by atoms with E-state index in [2.05, 4.69) is 15.5 Å². The van der Waals surface area contributed by atoms with Crippen LogP contribution in [0.25, 0.3) is 11.5 Å². The van der Waals surface area contributed by atoms with Gasteiger partial charge in [0.25, 0.3) is 5.89 Å². The molecule has 1 heterocycles. The van der Waals surface area contributed by atoms with Gasteiger partial charge in [-0.05, 0) is 13.1 Å². The van der Waals surface area contributed by atoms with Crippen molar-refractivity contribution in [1.29, 1.82) is 0 Å². The lowest BCUT2D eigenvalue weighted by Gasteiger charge is -2.00. The highest BCUT2D eigenvalue weighted by molar-refractivity contribution is 5.59. The molecule has 20 heavy (non-hydrogen) atoms. The molecular weight excluding hydrogens is 274 g/mol. The minimum atomic E-state index is -1.33. The van der Waals surface area contributed by atoms with E-state index in [4.69, 9.17) is 4.42 Å². The average molecular weight is 284 g/mol. The third-order valence-electron chi connectivity index (χ3n) is 2.54. The van der Waals surface area contributed by atoms with E-state index in [0.29, 0.717) is 13.0 Å². The van der Waals surface area contributed by atoms with Gasteiger partial charge in [-0.3, -0.25) is 10.1 Å². The van der Waals surface area contributed by atoms with E-state index in [9.17, 15) is 18.9 Å². The van der Waals surface area contributed by atoms with E-state index >= 15 is 0 Å². The number of nitro groups is 1. The van der Waals surface area contributed by atoms with E-state index in [1.54, 1.807) is 7.05 Å². The predicted octanol–water partition coefficient (Wildman–Crippen LogP) is 1.68. The molecule has 0 saturated heterocycles. The Morgan fingerprint density at radius 2 is 2.15 bits per heavy atom. The Kier molecular flexibility index (Phi) is 3.99. The van der Waals surface area contributed by atoms with E-state index < -0.39 is 33.7 Å². The first kappa shape index (κ1) is 14.0. The number of aromatic nitrogens is 2. The first-order valence-electron chi connectivity index (χ1n) is 5.64. The maximum atomic E-state index is 13.9. The predicted molar refractivity (Wildman–Crippen MR) is 63.9 cm³/mol. The lowest BCUT2D eigenvalue weighted by Crippen LogP contribution is -2.10. The third-order valence-corrected chi connectivity index (χ3v) is 2.54. The zero-order valence-electron chi connectivity index (χ0n) is 10.4. The Bertz CT molecular complexity index is 645. The van der Waals surface area contributed by atoms with Crippen molar-refractivity contribution in [3.63, 3.8) is 0 Å². The number of likely N-dealkylation sites (N-methyl/N-ethyl adjacent to an activating group) is 1. The SMILES string of the molecule is CNCCc1nnc(-c2c(F)ccc([N+](=O)[O-])c2F)o1. The van der Waals surface area contributed by atoms with E-state index in [1.807, 2.05) is 0 Å². The van der Waals surface area contributed by atoms with Gasteiger partial charge in [0, 0.05) is 19.0 Å². The summed E-state index contributed by atoms with van der Waals surface area (Å²) in [5.41, 5.74) is -1.54. The second-order valence-electron chi connectivity index (χ2n) is 3.87. The number of halogens is 2. The third kappa shape index (κ3) is 2.62. The van der Waals surface area contributed by atoms with Crippen molar-refractivity contribution in [2.75, 3.05) is 13.6 Å². The molecule has 0 atom stereocenters. The van der Waals surface area contributed by atoms with Crippen LogP contribution < -0.4 is 5.32 Å². The molecule has 1 aromatic heterocycles. The van der Waals surface area contributed by atoms with Gasteiger partial charge in [0.05, 0.1) is 4.92 Å². The first-order chi connectivity index (χ1) is 9.54. The van der Waals surface area contributed by atoms with Crippen LogP contribution in [-0.4, -0.2) is 28.7 Å². The molecule has 1 aromatic carbocycles. The first-order valence-corrected chi connectivity index (χ1v) is 5.64. The van der Waals surface area contributed by atoms with E-state index in [0.717, 1.165) is 12.1 Å². The molecule has 2 rings (SSSR count). The second-order valence-corrected chi connectivity index (χ2v) is 3.87. The van der Waals surface area contributed by atoms with Gasteiger partial charge < -0.3 is 9.73 Å². The topological polar surface area (TPSA) is 94.1 Å². The van der Waals surface area contributed by atoms with Crippen molar-refractivity contribution in [1.82, 2.24) is 15.5 Å². The Labute approximate surface area is 111 Å². The molecule has 0 bridgehead atoms. The van der Waals surface area contributed by atoms with Crippen molar-refractivity contribution in [3.05, 3.63) is 39.8 Å². The minimum absolute atomic E-state index is 0.180. The lowest BCUT2D eigenvalue weighted by molar-refractivity contribution is -0.387. The van der Waals surface area contributed by atoms with Gasteiger partial charge in [-0.15, -0.1) is 10.2 Å². The molecular formula is C11H10F2N4O3. The van der Waals surface area contributed by atoms with Crippen LogP contribution in [-0.2, 0) is 6.42 Å². The molecule has 1 N–H and O–H groups in total. The van der Waals surface area contributed by atoms with Crippen molar-refractivity contribution in [2.45, 2.75) is 6.42 Å². The number of nitrogens with one attached hydrogen (secondary N) is 1. The Morgan fingerprint density at radius 3 is 2.80 bits per heavy atom. The molecule has 2 aromatic rings. The Balaban J connectivity index is 2.44. The van der Waals surface area contributed by atoms with Crippen molar-refractivity contribution in [3.8, 4) is 11.5 Å². The van der Waals surface area contributed by atoms with Crippen LogP contribution in [0.4, 0.5) is 14.5 Å². The molecule has 0 unspecified atom stereocenters. The molecule has 0 radical (unpaired) electrons. The number of hydrogen-bond donors (Lipinski definition) is 1. The normalized spacial score (nSPS) is 10.8. The van der Waals surface area contributed by atoms with Crippen LogP contribution in [0.2, 0.25) is 0 Å². The lowest BCUT2D eigenvalue weighted by atomic mass is 10.1. The van der Waals surface area contributed by atoms with Crippen molar-refractivity contribution >= 4 is 5.69 Å². The molecule has 0 fully saturated rings. The molecule has 0 amide bonds. The van der Waals surface area contributed by atoms with Gasteiger partial charge >= 0.3 is 5.69 Å². The minimum Gasteiger partial charge on any atom is -0.420 e. The van der Waals surface area contributed by atoms with Crippen LogP contribution in [0.1, 0.15) is 5.89 Å². The Hall–Kier alpha value is -2.42. The molecule has 9 heteroatoms. The van der Waals surface area contributed by atoms with Gasteiger partial charge in [0.2, 0.25) is 11.7 Å². The Morgan fingerprint density at radius 1 is 1.40 bits per heavy atom. The number of nitro benzene ring substituents is 1. The number of nitrogens with zero attached hydrogens (tertiary/aromatic N) is 3. The summed E-state index contributed by atoms with van der Waals surface area (Å²) in [4.78, 5) is 9.68. The summed E-state index contributed by atoms with van der Waals surface area (Å²) in [5.74, 6) is -2.58. The van der Waals surface area contributed by atoms with Crippen LogP contribution in [0.5, 0.6) is 0 Å². The van der Waals surface area contributed by atoms with Gasteiger partial charge in [0.1, 0.15) is 11.4 Å². The second kappa shape index (κ2) is 5.70. The van der Waals surface area contributed by atoms with Gasteiger partial charge in [0.15, 0.2) is 0 Å². The fourth-order valence-corrected chi connectivity index (χ4v) is 1.57. The number of benzene rings is 1. The summed E-state index contributed by atoms with van der Waals surface area (Å²) < 4.78 is 32.7. The fraction of sp³-hybridized carbons (Fsp3) is 0.273. The van der Waals surface area contributed by atoms with Gasteiger partial charge in [-0.25, -0.2) is 4.39 Å². The number of hydrogen-bond acceptors (Lipinski definition) is 6. The van der Waals surface area contributed by atoms with Crippen molar-refractivity contribution < 1.29 is 18.1 Å². The zero-order chi connectivity index (χ0) is 14.7. The smallest absolute Gasteiger partial charge is 0.305 e. The molecule has 0 aliphatic carbocycles. The highest BCUT2D eigenvalue weighted by Crippen LogP contribution is 2.30. The van der Waals surface area contributed by atoms with E-state index in [-0.39, 0.29) is 5.89 Å². The molecule has 106 valence electrons. The molecule has 0 saturated carbocycles. The molecule has 0 aliphatic rings. The maximum Gasteiger partial charge on any atom is 0.305 e. The van der Waals surface area contributed by atoms with Gasteiger partial charge in [-0.1, -0.05) is 0 Å². The van der Waals surface area contributed by atoms with Crippen LogP contribution in [0.3, 0.4) is 0 Å². The van der Waals surface area contributed by atoms with Crippen LogP contribution in [0.15, 0.2) is 16.5 Å². The van der Waals surface area contributed by atoms with Gasteiger partial charge in [-0.2, -0.15) is 4.39 Å². The fourth-order valence-electron chi connectivity index (χ4n) is 1.57. The number of rotatable bonds is 5. The molecule has 0 spiro atoms. The summed E-state index contributed by atoms with van der Waals surface area (Å²) in [6.07, 6.45) is 0.377. The van der Waals surface area contributed by atoms with Crippen molar-refractivity contribution in [2.24, 2.45) is 0 Å². The summed E-state index contributed by atoms with van der Waals surface area (Å²) in [7, 11) is 1.72. The standard InChI is InChI=1S/C11H10F2N4O3/c1-14-5-4-8-15-16-11(20-8)9-6(12)2-3-7(10(9)13)17(18)19/h2-3,14H,4-5H2,1H3. The van der Waals surface area contributed by atoms with Crippen LogP contribution >= 0.6 is 0 Å². The average Bonchev–Trinajstić information content (AvgIpc) is 2.84. The van der Waals surface area contributed by atoms with Crippen LogP contribution in [0, 0.1) is 21.7 Å². The molecule has 7 nitrogen and oxygen atoms in total. The zero-order valence-corrected chi connectivity index (χ0v) is 10.4. The quantitative estimate of drug-likeness (QED) is 0.663. The summed E-state index contributed by atoms with van der Waals surface area (Å²) in [5, 5.41) is 20.6.